The Kier molecular flexibility index (Phi) is 4.04. The highest BCUT2D eigenvalue weighted by molar-refractivity contribution is 7.92. The van der Waals surface area contributed by atoms with E-state index in [0.29, 0.717) is 17.5 Å². The Labute approximate surface area is 121 Å². The summed E-state index contributed by atoms with van der Waals surface area (Å²) in [7, 11) is -3.75. The normalized spacial score (nSPS) is 10.9. The average molecular weight is 304 g/mol. The third-order valence-electron chi connectivity index (χ3n) is 2.75. The van der Waals surface area contributed by atoms with Gasteiger partial charge in [-0.3, -0.25) is 14.3 Å². The second kappa shape index (κ2) is 5.76. The number of carbonyl (C=O) groups is 2. The minimum Gasteiger partial charge on any atom is -0.366 e. The number of anilines is 1. The standard InChI is InChI=1S/C14H12N2O4S/c15-14(18)11-3-5-12(6-4-11)16-21(19,20)13-7-1-10(9-17)2-8-13/h1-9,16H,(H2,15,18). The van der Waals surface area contributed by atoms with Gasteiger partial charge >= 0.3 is 0 Å². The van der Waals surface area contributed by atoms with Crippen molar-refractivity contribution < 1.29 is 18.0 Å². The molecule has 0 aliphatic rings. The number of primary amides is 1. The van der Waals surface area contributed by atoms with Gasteiger partial charge in [0.2, 0.25) is 5.91 Å². The monoisotopic (exact) mass is 304 g/mol. The van der Waals surface area contributed by atoms with Crippen molar-refractivity contribution in [1.82, 2.24) is 0 Å². The van der Waals surface area contributed by atoms with Crippen LogP contribution in [-0.2, 0) is 10.0 Å². The maximum atomic E-state index is 12.1. The molecule has 0 unspecified atom stereocenters. The average Bonchev–Trinajstić information content (AvgIpc) is 2.47. The number of hydrogen-bond donors (Lipinski definition) is 2. The molecule has 2 aromatic carbocycles. The number of sulfonamides is 1. The summed E-state index contributed by atoms with van der Waals surface area (Å²) in [5.41, 5.74) is 6.08. The predicted octanol–water partition coefficient (Wildman–Crippen LogP) is 1.40. The molecule has 0 saturated carbocycles. The van der Waals surface area contributed by atoms with Crippen LogP contribution in [0.4, 0.5) is 5.69 Å². The van der Waals surface area contributed by atoms with Gasteiger partial charge in [-0.25, -0.2) is 8.42 Å². The number of nitrogens with two attached hydrogens (primary N) is 1. The van der Waals surface area contributed by atoms with Crippen LogP contribution >= 0.6 is 0 Å². The minimum atomic E-state index is -3.75. The number of aldehydes is 1. The first-order valence-corrected chi connectivity index (χ1v) is 7.38. The van der Waals surface area contributed by atoms with Crippen LogP contribution in [0.2, 0.25) is 0 Å². The zero-order chi connectivity index (χ0) is 15.5. The van der Waals surface area contributed by atoms with Crippen LogP contribution in [0, 0.1) is 0 Å². The molecule has 2 aromatic rings. The highest BCUT2D eigenvalue weighted by Gasteiger charge is 2.14. The molecule has 0 bridgehead atoms. The summed E-state index contributed by atoms with van der Waals surface area (Å²) < 4.78 is 26.6. The van der Waals surface area contributed by atoms with Crippen molar-refractivity contribution in [3.63, 3.8) is 0 Å². The van der Waals surface area contributed by atoms with Crippen molar-refractivity contribution in [2.45, 2.75) is 4.90 Å². The number of benzene rings is 2. The van der Waals surface area contributed by atoms with Crippen molar-refractivity contribution in [3.8, 4) is 0 Å². The van der Waals surface area contributed by atoms with Crippen LogP contribution in [0.5, 0.6) is 0 Å². The van der Waals surface area contributed by atoms with Gasteiger partial charge in [-0.15, -0.1) is 0 Å². The van der Waals surface area contributed by atoms with E-state index in [1.54, 1.807) is 0 Å². The first kappa shape index (κ1) is 14.7. The van der Waals surface area contributed by atoms with Crippen molar-refractivity contribution in [2.75, 3.05) is 4.72 Å². The molecule has 6 nitrogen and oxygen atoms in total. The zero-order valence-corrected chi connectivity index (χ0v) is 11.6. The third kappa shape index (κ3) is 3.46. The summed E-state index contributed by atoms with van der Waals surface area (Å²) in [4.78, 5) is 21.5. The molecule has 108 valence electrons. The maximum absolute atomic E-state index is 12.1. The van der Waals surface area contributed by atoms with E-state index in [9.17, 15) is 18.0 Å². The molecular formula is C14H12N2O4S. The summed E-state index contributed by atoms with van der Waals surface area (Å²) in [6, 6.07) is 11.2. The molecule has 0 aromatic heterocycles. The van der Waals surface area contributed by atoms with Crippen LogP contribution < -0.4 is 10.5 Å². The molecule has 1 amide bonds. The molecule has 0 atom stereocenters. The van der Waals surface area contributed by atoms with Crippen molar-refractivity contribution >= 4 is 27.9 Å². The van der Waals surface area contributed by atoms with Crippen LogP contribution in [0.15, 0.2) is 53.4 Å². The molecule has 0 spiro atoms. The first-order valence-electron chi connectivity index (χ1n) is 5.90. The molecule has 0 aliphatic carbocycles. The summed E-state index contributed by atoms with van der Waals surface area (Å²) in [5.74, 6) is -0.589. The van der Waals surface area contributed by atoms with Gasteiger partial charge in [0.1, 0.15) is 6.29 Å². The number of amides is 1. The Bertz CT molecular complexity index is 766. The van der Waals surface area contributed by atoms with E-state index in [-0.39, 0.29) is 10.5 Å². The first-order chi connectivity index (χ1) is 9.92. The second-order valence-corrected chi connectivity index (χ2v) is 5.92. The lowest BCUT2D eigenvalue weighted by Crippen LogP contribution is -2.14. The van der Waals surface area contributed by atoms with Gasteiger partial charge in [-0.05, 0) is 36.4 Å². The second-order valence-electron chi connectivity index (χ2n) is 4.23. The van der Waals surface area contributed by atoms with E-state index >= 15 is 0 Å². The highest BCUT2D eigenvalue weighted by Crippen LogP contribution is 2.17. The zero-order valence-electron chi connectivity index (χ0n) is 10.8. The third-order valence-corrected chi connectivity index (χ3v) is 4.15. The van der Waals surface area contributed by atoms with Gasteiger partial charge < -0.3 is 5.73 Å². The van der Waals surface area contributed by atoms with Crippen molar-refractivity contribution in [2.24, 2.45) is 5.73 Å². The van der Waals surface area contributed by atoms with Gasteiger partial charge in [-0.1, -0.05) is 12.1 Å². The van der Waals surface area contributed by atoms with Crippen LogP contribution in [0.3, 0.4) is 0 Å². The van der Waals surface area contributed by atoms with E-state index < -0.39 is 15.9 Å². The molecule has 0 radical (unpaired) electrons. The van der Waals surface area contributed by atoms with Crippen molar-refractivity contribution in [1.29, 1.82) is 0 Å². The fourth-order valence-corrected chi connectivity index (χ4v) is 2.70. The largest absolute Gasteiger partial charge is 0.366 e. The Hall–Kier alpha value is -2.67. The van der Waals surface area contributed by atoms with E-state index in [4.69, 9.17) is 5.73 Å². The molecule has 7 heteroatoms. The van der Waals surface area contributed by atoms with Crippen molar-refractivity contribution in [3.05, 3.63) is 59.7 Å². The summed E-state index contributed by atoms with van der Waals surface area (Å²) >= 11 is 0. The van der Waals surface area contributed by atoms with Crippen LogP contribution in [0.1, 0.15) is 20.7 Å². The number of carbonyl (C=O) groups excluding carboxylic acids is 2. The van der Waals surface area contributed by atoms with Gasteiger partial charge in [0.15, 0.2) is 0 Å². The Morgan fingerprint density at radius 3 is 2.05 bits per heavy atom. The molecular weight excluding hydrogens is 292 g/mol. The van der Waals surface area contributed by atoms with Crippen LogP contribution in [-0.4, -0.2) is 20.6 Å². The number of hydrogen-bond acceptors (Lipinski definition) is 4. The van der Waals surface area contributed by atoms with Gasteiger partial charge in [0.25, 0.3) is 10.0 Å². The molecule has 0 aliphatic heterocycles. The fourth-order valence-electron chi connectivity index (χ4n) is 1.64. The summed E-state index contributed by atoms with van der Waals surface area (Å²) in [6.07, 6.45) is 0.631. The van der Waals surface area contributed by atoms with E-state index in [1.807, 2.05) is 0 Å². The molecule has 0 fully saturated rings. The van der Waals surface area contributed by atoms with E-state index in [0.717, 1.165) is 0 Å². The predicted molar refractivity (Wildman–Crippen MR) is 77.6 cm³/mol. The summed E-state index contributed by atoms with van der Waals surface area (Å²) in [5, 5.41) is 0. The SMILES string of the molecule is NC(=O)c1ccc(NS(=O)(=O)c2ccc(C=O)cc2)cc1. The number of rotatable bonds is 5. The quantitative estimate of drug-likeness (QED) is 0.814. The van der Waals surface area contributed by atoms with E-state index in [2.05, 4.69) is 4.72 Å². The van der Waals surface area contributed by atoms with E-state index in [1.165, 1.54) is 48.5 Å². The molecule has 0 saturated heterocycles. The summed E-state index contributed by atoms with van der Waals surface area (Å²) in [6.45, 7) is 0. The lowest BCUT2D eigenvalue weighted by atomic mass is 10.2. The van der Waals surface area contributed by atoms with Gasteiger partial charge in [-0.2, -0.15) is 0 Å². The smallest absolute Gasteiger partial charge is 0.261 e. The lowest BCUT2D eigenvalue weighted by molar-refractivity contribution is 0.1000. The molecule has 3 N–H and O–H groups in total. The van der Waals surface area contributed by atoms with Gasteiger partial charge in [0.05, 0.1) is 4.90 Å². The lowest BCUT2D eigenvalue weighted by Gasteiger charge is -2.08. The maximum Gasteiger partial charge on any atom is 0.261 e. The Balaban J connectivity index is 2.23. The van der Waals surface area contributed by atoms with Gasteiger partial charge in [0, 0.05) is 16.8 Å². The Morgan fingerprint density at radius 1 is 1.00 bits per heavy atom. The number of nitrogens with one attached hydrogen (secondary N) is 1. The minimum absolute atomic E-state index is 0.0343. The fraction of sp³-hybridized carbons (Fsp3) is 0. The highest BCUT2D eigenvalue weighted by atomic mass is 32.2. The topological polar surface area (TPSA) is 106 Å². The Morgan fingerprint density at radius 2 is 1.57 bits per heavy atom. The molecule has 21 heavy (non-hydrogen) atoms. The van der Waals surface area contributed by atoms with Crippen LogP contribution in [0.25, 0.3) is 0 Å². The molecule has 2 rings (SSSR count). The molecule has 0 heterocycles.